The predicted molar refractivity (Wildman–Crippen MR) is 109 cm³/mol. The normalized spacial score (nSPS) is 11.5. The summed E-state index contributed by atoms with van der Waals surface area (Å²) in [6, 6.07) is 6.91. The Bertz CT molecular complexity index is 960. The lowest BCUT2D eigenvalue weighted by Gasteiger charge is -2.20. The number of anilines is 2. The third kappa shape index (κ3) is 7.19. The standard InChI is InChI=1S/C20H24F2N4O4/c1-19(2,3)30-18(28)25-11-14(23)16-15(27)9-10-24-17(16)26-12-5-7-13(8-6-12)29-20(4,21)22/h5-10,23H,11H2,1-4H3,(H,25,28)(H2,24,26,27). The molecule has 2 rings (SSSR count). The zero-order valence-electron chi connectivity index (χ0n) is 17.1. The van der Waals surface area contributed by atoms with Crippen molar-refractivity contribution in [3.05, 3.63) is 52.3 Å². The first-order valence-corrected chi connectivity index (χ1v) is 9.04. The zero-order chi connectivity index (χ0) is 22.5. The van der Waals surface area contributed by atoms with E-state index in [9.17, 15) is 18.4 Å². The van der Waals surface area contributed by atoms with Gasteiger partial charge < -0.3 is 30.5 Å². The Morgan fingerprint density at radius 2 is 1.77 bits per heavy atom. The number of amides is 1. The van der Waals surface area contributed by atoms with Crippen LogP contribution in [0.5, 0.6) is 5.75 Å². The molecule has 4 N–H and O–H groups in total. The van der Waals surface area contributed by atoms with E-state index in [-0.39, 0.29) is 29.4 Å². The Labute approximate surface area is 172 Å². The highest BCUT2D eigenvalue weighted by molar-refractivity contribution is 6.04. The number of hydrogen-bond acceptors (Lipinski definition) is 6. The molecule has 1 heterocycles. The average Bonchev–Trinajstić information content (AvgIpc) is 2.59. The van der Waals surface area contributed by atoms with Crippen molar-refractivity contribution in [3.63, 3.8) is 0 Å². The maximum absolute atomic E-state index is 12.9. The molecular weight excluding hydrogens is 398 g/mol. The highest BCUT2D eigenvalue weighted by Crippen LogP contribution is 2.24. The number of alkyl carbamates (subject to hydrolysis) is 1. The van der Waals surface area contributed by atoms with Gasteiger partial charge >= 0.3 is 12.2 Å². The second kappa shape index (κ2) is 8.93. The van der Waals surface area contributed by atoms with E-state index < -0.39 is 23.2 Å². The van der Waals surface area contributed by atoms with Crippen LogP contribution in [0.1, 0.15) is 33.3 Å². The summed E-state index contributed by atoms with van der Waals surface area (Å²) in [6.07, 6.45) is -2.61. The molecule has 1 aromatic heterocycles. The van der Waals surface area contributed by atoms with Crippen LogP contribution in [0.25, 0.3) is 0 Å². The summed E-state index contributed by atoms with van der Waals surface area (Å²) in [5.41, 5.74) is -0.777. The van der Waals surface area contributed by atoms with E-state index in [2.05, 4.69) is 20.4 Å². The number of carbonyl (C=O) groups excluding carboxylic acids is 1. The van der Waals surface area contributed by atoms with Crippen LogP contribution in [0.4, 0.5) is 25.1 Å². The molecule has 0 aliphatic heterocycles. The fourth-order valence-corrected chi connectivity index (χ4v) is 2.40. The van der Waals surface area contributed by atoms with Crippen molar-refractivity contribution in [2.45, 2.75) is 39.4 Å². The largest absolute Gasteiger partial charge is 0.444 e. The third-order valence-corrected chi connectivity index (χ3v) is 3.49. The Balaban J connectivity index is 2.13. The number of nitrogens with one attached hydrogen (secondary N) is 4. The molecule has 0 radical (unpaired) electrons. The number of aromatic amines is 1. The molecule has 8 nitrogen and oxygen atoms in total. The van der Waals surface area contributed by atoms with E-state index in [1.807, 2.05) is 0 Å². The van der Waals surface area contributed by atoms with Gasteiger partial charge in [0.15, 0.2) is 5.43 Å². The first-order valence-electron chi connectivity index (χ1n) is 9.04. The molecular formula is C20H24F2N4O4. The molecule has 162 valence electrons. The fourth-order valence-electron chi connectivity index (χ4n) is 2.40. The minimum Gasteiger partial charge on any atom is -0.444 e. The van der Waals surface area contributed by atoms with Crippen molar-refractivity contribution in [2.24, 2.45) is 0 Å². The van der Waals surface area contributed by atoms with Gasteiger partial charge in [0.2, 0.25) is 0 Å². The van der Waals surface area contributed by atoms with Gasteiger partial charge in [-0.15, -0.1) is 0 Å². The van der Waals surface area contributed by atoms with Crippen molar-refractivity contribution in [3.8, 4) is 5.75 Å². The van der Waals surface area contributed by atoms with Gasteiger partial charge in [-0.1, -0.05) is 0 Å². The smallest absolute Gasteiger partial charge is 0.407 e. The number of hydrogen-bond donors (Lipinski definition) is 4. The van der Waals surface area contributed by atoms with E-state index in [0.29, 0.717) is 12.6 Å². The lowest BCUT2D eigenvalue weighted by atomic mass is 10.1. The Morgan fingerprint density at radius 3 is 2.33 bits per heavy atom. The van der Waals surface area contributed by atoms with Crippen molar-refractivity contribution in [1.29, 1.82) is 5.41 Å². The van der Waals surface area contributed by atoms with E-state index >= 15 is 0 Å². The van der Waals surface area contributed by atoms with Gasteiger partial charge in [-0.05, 0) is 45.0 Å². The van der Waals surface area contributed by atoms with E-state index in [0.717, 1.165) is 0 Å². The topological polar surface area (TPSA) is 116 Å². The average molecular weight is 422 g/mol. The molecule has 0 atom stereocenters. The number of rotatable bonds is 7. The first-order chi connectivity index (χ1) is 13.8. The highest BCUT2D eigenvalue weighted by atomic mass is 19.3. The van der Waals surface area contributed by atoms with Gasteiger partial charge in [0.05, 0.1) is 17.8 Å². The summed E-state index contributed by atoms with van der Waals surface area (Å²) in [5, 5.41) is 13.6. The molecule has 1 aromatic carbocycles. The summed E-state index contributed by atoms with van der Waals surface area (Å²) in [5.74, 6) is 0.192. The van der Waals surface area contributed by atoms with Gasteiger partial charge in [-0.25, -0.2) is 4.79 Å². The van der Waals surface area contributed by atoms with Crippen LogP contribution in [0.3, 0.4) is 0 Å². The van der Waals surface area contributed by atoms with Crippen molar-refractivity contribution in [2.75, 3.05) is 11.9 Å². The van der Waals surface area contributed by atoms with Gasteiger partial charge in [0.1, 0.15) is 17.2 Å². The number of benzene rings is 1. The fraction of sp³-hybridized carbons (Fsp3) is 0.350. The predicted octanol–water partition coefficient (Wildman–Crippen LogP) is 4.00. The Hall–Kier alpha value is -3.43. The molecule has 0 fully saturated rings. The summed E-state index contributed by atoms with van der Waals surface area (Å²) in [6.45, 7) is 5.53. The van der Waals surface area contributed by atoms with Crippen LogP contribution in [0, 0.1) is 5.41 Å². The molecule has 0 unspecified atom stereocenters. The monoisotopic (exact) mass is 422 g/mol. The number of halogens is 2. The first kappa shape index (κ1) is 22.9. The van der Waals surface area contributed by atoms with E-state index in [1.54, 1.807) is 20.8 Å². The summed E-state index contributed by atoms with van der Waals surface area (Å²) >= 11 is 0. The lowest BCUT2D eigenvalue weighted by Crippen LogP contribution is -2.36. The minimum absolute atomic E-state index is 0.0222. The van der Waals surface area contributed by atoms with E-state index in [4.69, 9.17) is 10.1 Å². The van der Waals surface area contributed by atoms with Gasteiger partial charge in [-0.3, -0.25) is 4.79 Å². The summed E-state index contributed by atoms with van der Waals surface area (Å²) in [7, 11) is 0. The Morgan fingerprint density at radius 1 is 1.13 bits per heavy atom. The molecule has 2 aromatic rings. The number of aromatic nitrogens is 1. The zero-order valence-corrected chi connectivity index (χ0v) is 17.1. The van der Waals surface area contributed by atoms with Crippen LogP contribution >= 0.6 is 0 Å². The highest BCUT2D eigenvalue weighted by Gasteiger charge is 2.23. The molecule has 0 saturated heterocycles. The molecule has 0 aliphatic carbocycles. The van der Waals surface area contributed by atoms with Gasteiger partial charge in [-0.2, -0.15) is 8.78 Å². The van der Waals surface area contributed by atoms with Gasteiger partial charge in [0, 0.05) is 24.9 Å². The third-order valence-electron chi connectivity index (χ3n) is 3.49. The van der Waals surface area contributed by atoms with Crippen molar-refractivity contribution >= 4 is 23.3 Å². The maximum atomic E-state index is 12.9. The van der Waals surface area contributed by atoms with Crippen LogP contribution in [0.15, 0.2) is 41.3 Å². The number of carbonyl (C=O) groups is 1. The number of alkyl halides is 2. The quantitative estimate of drug-likeness (QED) is 0.503. The molecule has 0 saturated carbocycles. The summed E-state index contributed by atoms with van der Waals surface area (Å²) in [4.78, 5) is 26.9. The Kier molecular flexibility index (Phi) is 6.81. The molecule has 1 amide bonds. The van der Waals surface area contributed by atoms with Crippen molar-refractivity contribution < 1.29 is 23.0 Å². The SMILES string of the molecule is CC(C)(C)OC(=O)NCC(=N)c1c(Nc2ccc(OC(C)(F)F)cc2)[nH]ccc1=O. The van der Waals surface area contributed by atoms with Gasteiger partial charge in [0.25, 0.3) is 0 Å². The van der Waals surface area contributed by atoms with Crippen LogP contribution in [-0.2, 0) is 4.74 Å². The molecule has 0 bridgehead atoms. The van der Waals surface area contributed by atoms with Crippen LogP contribution < -0.4 is 20.8 Å². The number of H-pyrrole nitrogens is 1. The van der Waals surface area contributed by atoms with Crippen molar-refractivity contribution in [1.82, 2.24) is 10.3 Å². The molecule has 10 heteroatoms. The molecule has 0 spiro atoms. The van der Waals surface area contributed by atoms with E-state index in [1.165, 1.54) is 36.5 Å². The molecule has 30 heavy (non-hydrogen) atoms. The number of pyridine rings is 1. The van der Waals surface area contributed by atoms with Crippen LogP contribution in [-0.4, -0.2) is 35.0 Å². The van der Waals surface area contributed by atoms with Crippen LogP contribution in [0.2, 0.25) is 0 Å². The second-order valence-electron chi connectivity index (χ2n) is 7.49. The number of ether oxygens (including phenoxy) is 2. The summed E-state index contributed by atoms with van der Waals surface area (Å²) < 4.78 is 35.4. The lowest BCUT2D eigenvalue weighted by molar-refractivity contribution is -0.158. The maximum Gasteiger partial charge on any atom is 0.407 e. The molecule has 0 aliphatic rings. The second-order valence-corrected chi connectivity index (χ2v) is 7.49. The minimum atomic E-state index is -3.30.